The second-order valence-corrected chi connectivity index (χ2v) is 12.3. The van der Waals surface area contributed by atoms with Gasteiger partial charge in [0.25, 0.3) is 0 Å². The number of fused-ring (bicyclic) bond motifs is 1. The summed E-state index contributed by atoms with van der Waals surface area (Å²) in [6, 6.07) is 19.5. The maximum Gasteiger partial charge on any atom is 0.246 e. The van der Waals surface area contributed by atoms with Crippen LogP contribution in [0.2, 0.25) is 0 Å². The number of aryl methyl sites for hydroxylation is 1. The van der Waals surface area contributed by atoms with E-state index in [1.807, 2.05) is 0 Å². The summed E-state index contributed by atoms with van der Waals surface area (Å²) in [5, 5.41) is 10.3. The van der Waals surface area contributed by atoms with Crippen molar-refractivity contribution in [3.63, 3.8) is 0 Å². The predicted octanol–water partition coefficient (Wildman–Crippen LogP) is 4.17. The fraction of sp³-hybridized carbons (Fsp3) is 0.400. The van der Waals surface area contributed by atoms with Crippen molar-refractivity contribution in [3.05, 3.63) is 77.4 Å². The fourth-order valence-corrected chi connectivity index (χ4v) is 7.75. The minimum absolute atomic E-state index is 0.0199. The first-order chi connectivity index (χ1) is 18.3. The highest BCUT2D eigenvalue weighted by atomic mass is 32.2. The molecule has 38 heavy (non-hydrogen) atoms. The van der Waals surface area contributed by atoms with Crippen molar-refractivity contribution in [2.75, 3.05) is 39.1 Å². The molecule has 3 atom stereocenters. The third-order valence-corrected chi connectivity index (χ3v) is 10.3. The summed E-state index contributed by atoms with van der Waals surface area (Å²) in [7, 11) is -2.34. The molecule has 8 heteroatoms. The third-order valence-electron chi connectivity index (χ3n) is 8.35. The molecule has 0 amide bonds. The second kappa shape index (κ2) is 10.7. The minimum atomic E-state index is -3.80. The molecule has 2 aliphatic rings. The van der Waals surface area contributed by atoms with Crippen molar-refractivity contribution in [1.29, 1.82) is 0 Å². The summed E-state index contributed by atoms with van der Waals surface area (Å²) in [6.45, 7) is 5.96. The second-order valence-electron chi connectivity index (χ2n) is 10.4. The van der Waals surface area contributed by atoms with Gasteiger partial charge in [0.05, 0.1) is 13.7 Å². The van der Waals surface area contributed by atoms with Crippen LogP contribution in [0.4, 0.5) is 5.69 Å². The van der Waals surface area contributed by atoms with E-state index in [1.165, 1.54) is 29.9 Å². The van der Waals surface area contributed by atoms with E-state index >= 15 is 0 Å². The molecule has 5 rings (SSSR count). The summed E-state index contributed by atoms with van der Waals surface area (Å²) in [5.41, 5.74) is 12.4. The number of methoxy groups -OCH3 is 1. The Morgan fingerprint density at radius 3 is 2.47 bits per heavy atom. The van der Waals surface area contributed by atoms with Gasteiger partial charge in [0.15, 0.2) is 0 Å². The number of hydrogen-bond acceptors (Lipinski definition) is 6. The third kappa shape index (κ3) is 4.71. The van der Waals surface area contributed by atoms with Crippen LogP contribution < -0.4 is 10.5 Å². The number of ether oxygens (including phenoxy) is 1. The zero-order chi connectivity index (χ0) is 27.0. The lowest BCUT2D eigenvalue weighted by Crippen LogP contribution is -2.67. The Hall–Kier alpha value is -2.91. The Bertz CT molecular complexity index is 1410. The lowest BCUT2D eigenvalue weighted by Gasteiger charge is -2.57. The molecule has 0 bridgehead atoms. The largest absolute Gasteiger partial charge is 0.495 e. The Morgan fingerprint density at radius 2 is 1.76 bits per heavy atom. The molecular weight excluding hydrogens is 498 g/mol. The lowest BCUT2D eigenvalue weighted by molar-refractivity contribution is -0.0553. The van der Waals surface area contributed by atoms with Gasteiger partial charge in [-0.3, -0.25) is 4.90 Å². The van der Waals surface area contributed by atoms with Gasteiger partial charge in [-0.05, 0) is 73.2 Å². The summed E-state index contributed by atoms with van der Waals surface area (Å²) >= 11 is 0. The van der Waals surface area contributed by atoms with Crippen LogP contribution in [0.25, 0.3) is 11.1 Å². The Morgan fingerprint density at radius 1 is 1.03 bits per heavy atom. The predicted molar refractivity (Wildman–Crippen MR) is 151 cm³/mol. The van der Waals surface area contributed by atoms with Gasteiger partial charge in [-0.15, -0.1) is 0 Å². The van der Waals surface area contributed by atoms with E-state index in [0.29, 0.717) is 18.8 Å². The molecule has 0 aliphatic carbocycles. The topological polar surface area (TPSA) is 96.1 Å². The Balaban J connectivity index is 1.45. The van der Waals surface area contributed by atoms with Crippen molar-refractivity contribution >= 4 is 15.7 Å². The average molecular weight is 536 g/mol. The number of nitrogen functional groups attached to an aromatic ring is 1. The van der Waals surface area contributed by atoms with E-state index in [2.05, 4.69) is 61.2 Å². The molecule has 2 unspecified atom stereocenters. The number of sulfonamides is 1. The van der Waals surface area contributed by atoms with Crippen LogP contribution in [-0.2, 0) is 10.0 Å². The maximum atomic E-state index is 13.8. The molecule has 3 aromatic rings. The van der Waals surface area contributed by atoms with Crippen LogP contribution in [0.1, 0.15) is 35.4 Å². The van der Waals surface area contributed by atoms with E-state index in [9.17, 15) is 13.5 Å². The van der Waals surface area contributed by atoms with E-state index in [0.717, 1.165) is 30.5 Å². The highest BCUT2D eigenvalue weighted by Crippen LogP contribution is 2.43. The highest BCUT2D eigenvalue weighted by Gasteiger charge is 2.50. The lowest BCUT2D eigenvalue weighted by atomic mass is 9.74. The van der Waals surface area contributed by atoms with Gasteiger partial charge in [0.2, 0.25) is 10.0 Å². The molecule has 2 saturated heterocycles. The Kier molecular flexibility index (Phi) is 7.51. The van der Waals surface area contributed by atoms with Crippen molar-refractivity contribution in [1.82, 2.24) is 9.21 Å². The van der Waals surface area contributed by atoms with Crippen LogP contribution in [-0.4, -0.2) is 68.2 Å². The number of rotatable bonds is 6. The minimum Gasteiger partial charge on any atom is -0.495 e. The first-order valence-corrected chi connectivity index (χ1v) is 14.7. The van der Waals surface area contributed by atoms with Gasteiger partial charge in [-0.25, -0.2) is 8.42 Å². The number of hydrogen-bond donors (Lipinski definition) is 2. The molecule has 2 aliphatic heterocycles. The molecule has 0 aromatic heterocycles. The summed E-state index contributed by atoms with van der Waals surface area (Å²) in [4.78, 5) is 2.42. The number of nitrogens with two attached hydrogens (primary N) is 1. The summed E-state index contributed by atoms with van der Waals surface area (Å²) < 4.78 is 34.6. The highest BCUT2D eigenvalue weighted by molar-refractivity contribution is 7.89. The van der Waals surface area contributed by atoms with Gasteiger partial charge in [-0.2, -0.15) is 4.31 Å². The quantitative estimate of drug-likeness (QED) is 0.460. The zero-order valence-corrected chi connectivity index (χ0v) is 23.1. The Labute approximate surface area is 225 Å². The first kappa shape index (κ1) is 26.7. The molecule has 3 aromatic carbocycles. The van der Waals surface area contributed by atoms with Gasteiger partial charge in [0, 0.05) is 42.8 Å². The van der Waals surface area contributed by atoms with Gasteiger partial charge in [-0.1, -0.05) is 42.5 Å². The normalized spacial score (nSPS) is 22.7. The monoisotopic (exact) mass is 535 g/mol. The van der Waals surface area contributed by atoms with Crippen LogP contribution in [0.5, 0.6) is 5.75 Å². The van der Waals surface area contributed by atoms with Crippen molar-refractivity contribution in [2.24, 2.45) is 0 Å². The van der Waals surface area contributed by atoms with Gasteiger partial charge in [0.1, 0.15) is 10.6 Å². The van der Waals surface area contributed by atoms with Gasteiger partial charge >= 0.3 is 0 Å². The average Bonchev–Trinajstić information content (AvgIpc) is 2.89. The molecule has 0 spiro atoms. The van der Waals surface area contributed by atoms with E-state index in [1.54, 1.807) is 16.4 Å². The molecule has 7 nitrogen and oxygen atoms in total. The van der Waals surface area contributed by atoms with Crippen molar-refractivity contribution in [3.8, 4) is 16.9 Å². The molecular formula is C30H37N3O4S. The standard InChI is InChI=1S/C30H37N3O4S/c1-20-7-6-8-25(21(20)2)22-9-11-23(12-10-22)30-26-18-32(15-4-5-16-33(26)27(30)19-34)38(35,36)29-14-13-24(31)17-28(29)37-3/h6-14,17,26-27,30,34H,4-5,15-16,18-19,31H2,1-3H3/t26-,27?,30?/m0/s1. The molecule has 2 heterocycles. The molecule has 0 radical (unpaired) electrons. The van der Waals surface area contributed by atoms with Crippen molar-refractivity contribution in [2.45, 2.75) is 49.6 Å². The van der Waals surface area contributed by atoms with E-state index in [4.69, 9.17) is 10.5 Å². The van der Waals surface area contributed by atoms with Gasteiger partial charge < -0.3 is 15.6 Å². The molecule has 0 saturated carbocycles. The van der Waals surface area contributed by atoms with Crippen LogP contribution in [0.3, 0.4) is 0 Å². The molecule has 202 valence electrons. The van der Waals surface area contributed by atoms with Crippen molar-refractivity contribution < 1.29 is 18.3 Å². The summed E-state index contributed by atoms with van der Waals surface area (Å²) in [6.07, 6.45) is 1.63. The van der Waals surface area contributed by atoms with E-state index in [-0.39, 0.29) is 35.3 Å². The fourth-order valence-electron chi connectivity index (χ4n) is 6.11. The zero-order valence-electron chi connectivity index (χ0n) is 22.3. The number of nitrogens with zero attached hydrogens (tertiary/aromatic N) is 2. The molecule has 3 N–H and O–H groups in total. The number of benzene rings is 3. The SMILES string of the molecule is COc1cc(N)ccc1S(=O)(=O)N1CCCCN2C(CO)C(c3ccc(-c4cccc(C)c4C)cc3)[C@@H]2C1. The smallest absolute Gasteiger partial charge is 0.246 e. The first-order valence-electron chi connectivity index (χ1n) is 13.2. The maximum absolute atomic E-state index is 13.8. The number of aliphatic hydroxyl groups is 1. The van der Waals surface area contributed by atoms with Crippen LogP contribution >= 0.6 is 0 Å². The molecule has 2 fully saturated rings. The van der Waals surface area contributed by atoms with Crippen LogP contribution in [0.15, 0.2) is 65.6 Å². The van der Waals surface area contributed by atoms with Crippen LogP contribution in [0, 0.1) is 13.8 Å². The number of anilines is 1. The number of aliphatic hydroxyl groups excluding tert-OH is 1. The van der Waals surface area contributed by atoms with E-state index < -0.39 is 10.0 Å². The summed E-state index contributed by atoms with van der Waals surface area (Å²) in [5.74, 6) is 0.293.